The van der Waals surface area contributed by atoms with Crippen LogP contribution in [0.2, 0.25) is 5.02 Å². The summed E-state index contributed by atoms with van der Waals surface area (Å²) in [4.78, 5) is 0. The summed E-state index contributed by atoms with van der Waals surface area (Å²) < 4.78 is 18.3. The third kappa shape index (κ3) is 3.92. The summed E-state index contributed by atoms with van der Waals surface area (Å²) in [5.41, 5.74) is 0.980. The van der Waals surface area contributed by atoms with Crippen molar-refractivity contribution in [3.8, 4) is 0 Å². The minimum Gasteiger partial charge on any atom is -0.378 e. The molecule has 0 aliphatic carbocycles. The molecular weight excluding hydrogens is 243 g/mol. The maximum absolute atomic E-state index is 12.9. The highest BCUT2D eigenvalue weighted by Crippen LogP contribution is 2.15. The van der Waals surface area contributed by atoms with Crippen LogP contribution in [0.3, 0.4) is 0 Å². The van der Waals surface area contributed by atoms with Gasteiger partial charge in [-0.05, 0) is 17.7 Å². The van der Waals surface area contributed by atoms with E-state index in [4.69, 9.17) is 16.3 Å². The van der Waals surface area contributed by atoms with E-state index in [0.717, 1.165) is 31.9 Å². The lowest BCUT2D eigenvalue weighted by Crippen LogP contribution is -2.47. The van der Waals surface area contributed by atoms with Crippen LogP contribution in [0.4, 0.5) is 4.39 Å². The van der Waals surface area contributed by atoms with Gasteiger partial charge in [-0.1, -0.05) is 17.7 Å². The van der Waals surface area contributed by atoms with Crippen LogP contribution < -0.4 is 10.6 Å². The van der Waals surface area contributed by atoms with E-state index in [1.807, 2.05) is 0 Å². The van der Waals surface area contributed by atoms with Gasteiger partial charge in [0.2, 0.25) is 0 Å². The van der Waals surface area contributed by atoms with E-state index in [1.54, 1.807) is 12.1 Å². The van der Waals surface area contributed by atoms with Crippen molar-refractivity contribution in [1.82, 2.24) is 10.6 Å². The van der Waals surface area contributed by atoms with Gasteiger partial charge in [0.1, 0.15) is 5.82 Å². The number of benzene rings is 1. The molecule has 0 aromatic heterocycles. The Bertz CT molecular complexity index is 370. The molecule has 1 heterocycles. The Kier molecular flexibility index (Phi) is 4.74. The highest BCUT2D eigenvalue weighted by atomic mass is 35.5. The average Bonchev–Trinajstić information content (AvgIpc) is 2.35. The van der Waals surface area contributed by atoms with Gasteiger partial charge in [-0.15, -0.1) is 0 Å². The fourth-order valence-corrected chi connectivity index (χ4v) is 1.99. The zero-order valence-electron chi connectivity index (χ0n) is 9.51. The first-order chi connectivity index (χ1) is 8.25. The van der Waals surface area contributed by atoms with E-state index in [0.29, 0.717) is 12.6 Å². The molecule has 2 rings (SSSR count). The Morgan fingerprint density at radius 2 is 2.41 bits per heavy atom. The predicted octanol–water partition coefficient (Wildman–Crippen LogP) is 1.56. The van der Waals surface area contributed by atoms with Crippen molar-refractivity contribution in [2.24, 2.45) is 0 Å². The minimum atomic E-state index is -0.377. The van der Waals surface area contributed by atoms with Gasteiger partial charge in [0.25, 0.3) is 0 Å². The Morgan fingerprint density at radius 1 is 1.53 bits per heavy atom. The van der Waals surface area contributed by atoms with Crippen LogP contribution in [-0.4, -0.2) is 32.3 Å². The first-order valence-electron chi connectivity index (χ1n) is 5.71. The van der Waals surface area contributed by atoms with Crippen LogP contribution in [0, 0.1) is 5.82 Å². The number of rotatable bonds is 4. The molecule has 1 atom stereocenters. The van der Waals surface area contributed by atoms with E-state index < -0.39 is 0 Å². The molecule has 0 spiro atoms. The van der Waals surface area contributed by atoms with Crippen molar-refractivity contribution in [3.05, 3.63) is 34.6 Å². The van der Waals surface area contributed by atoms with Crippen LogP contribution in [0.1, 0.15) is 5.56 Å². The summed E-state index contributed by atoms with van der Waals surface area (Å²) in [7, 11) is 0. The summed E-state index contributed by atoms with van der Waals surface area (Å²) >= 11 is 5.71. The number of hydrogen-bond acceptors (Lipinski definition) is 3. The largest absolute Gasteiger partial charge is 0.378 e. The average molecular weight is 259 g/mol. The SMILES string of the molecule is Fc1ccc(CNCC2COCCN2)cc1Cl. The van der Waals surface area contributed by atoms with Crippen LogP contribution in [0.15, 0.2) is 18.2 Å². The van der Waals surface area contributed by atoms with Gasteiger partial charge in [-0.25, -0.2) is 4.39 Å². The van der Waals surface area contributed by atoms with Crippen molar-refractivity contribution >= 4 is 11.6 Å². The molecule has 1 aliphatic heterocycles. The third-order valence-corrected chi connectivity index (χ3v) is 2.99. The highest BCUT2D eigenvalue weighted by Gasteiger charge is 2.11. The molecular formula is C12H16ClFN2O. The standard InChI is InChI=1S/C12H16ClFN2O/c13-11-5-9(1-2-12(11)14)6-15-7-10-8-17-4-3-16-10/h1-2,5,10,15-16H,3-4,6-8H2. The molecule has 5 heteroatoms. The normalized spacial score (nSPS) is 20.5. The lowest BCUT2D eigenvalue weighted by molar-refractivity contribution is 0.0766. The summed E-state index contributed by atoms with van der Waals surface area (Å²) in [6.45, 7) is 3.92. The molecule has 1 unspecified atom stereocenters. The van der Waals surface area contributed by atoms with Crippen molar-refractivity contribution < 1.29 is 9.13 Å². The zero-order chi connectivity index (χ0) is 12.1. The van der Waals surface area contributed by atoms with Gasteiger partial charge in [-0.2, -0.15) is 0 Å². The number of nitrogens with one attached hydrogen (secondary N) is 2. The van der Waals surface area contributed by atoms with Gasteiger partial charge in [0.15, 0.2) is 0 Å². The molecule has 17 heavy (non-hydrogen) atoms. The van der Waals surface area contributed by atoms with E-state index >= 15 is 0 Å². The second kappa shape index (κ2) is 6.31. The van der Waals surface area contributed by atoms with Crippen molar-refractivity contribution in [3.63, 3.8) is 0 Å². The number of ether oxygens (including phenoxy) is 1. The number of morpholine rings is 1. The molecule has 2 N–H and O–H groups in total. The van der Waals surface area contributed by atoms with E-state index in [1.165, 1.54) is 6.07 Å². The molecule has 0 amide bonds. The molecule has 0 radical (unpaired) electrons. The molecule has 0 saturated carbocycles. The molecule has 0 bridgehead atoms. The topological polar surface area (TPSA) is 33.3 Å². The van der Waals surface area contributed by atoms with Crippen molar-refractivity contribution in [2.45, 2.75) is 12.6 Å². The second-order valence-electron chi connectivity index (χ2n) is 4.11. The maximum Gasteiger partial charge on any atom is 0.141 e. The first-order valence-corrected chi connectivity index (χ1v) is 6.09. The summed E-state index contributed by atoms with van der Waals surface area (Å²) in [6.07, 6.45) is 0. The fraction of sp³-hybridized carbons (Fsp3) is 0.500. The number of hydrogen-bond donors (Lipinski definition) is 2. The molecule has 1 aliphatic rings. The predicted molar refractivity (Wildman–Crippen MR) is 65.7 cm³/mol. The first kappa shape index (κ1) is 12.8. The van der Waals surface area contributed by atoms with Crippen LogP contribution in [-0.2, 0) is 11.3 Å². The Balaban J connectivity index is 1.75. The van der Waals surface area contributed by atoms with Gasteiger partial charge in [0.05, 0.1) is 18.2 Å². The molecule has 1 fully saturated rings. The Labute approximate surface area is 105 Å². The smallest absolute Gasteiger partial charge is 0.141 e. The van der Waals surface area contributed by atoms with E-state index in [-0.39, 0.29) is 10.8 Å². The molecule has 94 valence electrons. The second-order valence-corrected chi connectivity index (χ2v) is 4.51. The van der Waals surface area contributed by atoms with Gasteiger partial charge in [-0.3, -0.25) is 0 Å². The lowest BCUT2D eigenvalue weighted by atomic mass is 10.2. The molecule has 1 aromatic carbocycles. The minimum absolute atomic E-state index is 0.170. The summed E-state index contributed by atoms with van der Waals surface area (Å²) in [6, 6.07) is 5.12. The van der Waals surface area contributed by atoms with Crippen molar-refractivity contribution in [1.29, 1.82) is 0 Å². The molecule has 1 aromatic rings. The summed E-state index contributed by atoms with van der Waals surface area (Å²) in [5, 5.41) is 6.82. The molecule has 3 nitrogen and oxygen atoms in total. The highest BCUT2D eigenvalue weighted by molar-refractivity contribution is 6.30. The lowest BCUT2D eigenvalue weighted by Gasteiger charge is -2.24. The third-order valence-electron chi connectivity index (χ3n) is 2.70. The molecule has 1 saturated heterocycles. The van der Waals surface area contributed by atoms with E-state index in [2.05, 4.69) is 10.6 Å². The Morgan fingerprint density at radius 3 is 3.12 bits per heavy atom. The zero-order valence-corrected chi connectivity index (χ0v) is 10.3. The Hall–Kier alpha value is -0.680. The van der Waals surface area contributed by atoms with Gasteiger partial charge >= 0.3 is 0 Å². The fourth-order valence-electron chi connectivity index (χ4n) is 1.79. The van der Waals surface area contributed by atoms with E-state index in [9.17, 15) is 4.39 Å². The maximum atomic E-state index is 12.9. The monoisotopic (exact) mass is 258 g/mol. The quantitative estimate of drug-likeness (QED) is 0.860. The van der Waals surface area contributed by atoms with Gasteiger partial charge in [0, 0.05) is 25.7 Å². The van der Waals surface area contributed by atoms with Crippen LogP contribution in [0.25, 0.3) is 0 Å². The van der Waals surface area contributed by atoms with Crippen molar-refractivity contribution in [2.75, 3.05) is 26.3 Å². The summed E-state index contributed by atoms with van der Waals surface area (Å²) in [5.74, 6) is -0.377. The van der Waals surface area contributed by atoms with Gasteiger partial charge < -0.3 is 15.4 Å². The van der Waals surface area contributed by atoms with Crippen LogP contribution in [0.5, 0.6) is 0 Å². The van der Waals surface area contributed by atoms with Crippen LogP contribution >= 0.6 is 11.6 Å². The number of halogens is 2.